The number of alkyl halides is 1. The van der Waals surface area contributed by atoms with Crippen LogP contribution in [0.2, 0.25) is 0 Å². The van der Waals surface area contributed by atoms with Crippen LogP contribution < -0.4 is 5.32 Å². The van der Waals surface area contributed by atoms with Crippen LogP contribution in [0.4, 0.5) is 0 Å². The minimum Gasteiger partial charge on any atom is -0.348 e. The number of carbonyl (C=O) groups excluding carboxylic acids is 1. The van der Waals surface area contributed by atoms with Crippen molar-refractivity contribution in [3.05, 3.63) is 21.9 Å². The second-order valence-electron chi connectivity index (χ2n) is 3.15. The number of aryl methyl sites for hydroxylation is 1. The molecule has 1 rings (SSSR count). The first kappa shape index (κ1) is 11.7. The van der Waals surface area contributed by atoms with E-state index in [0.717, 1.165) is 16.6 Å². The average Bonchev–Trinajstić information content (AvgIpc) is 2.65. The van der Waals surface area contributed by atoms with Crippen molar-refractivity contribution in [3.8, 4) is 0 Å². The molecule has 1 N–H and O–H groups in total. The summed E-state index contributed by atoms with van der Waals surface area (Å²) in [4.78, 5) is 13.7. The summed E-state index contributed by atoms with van der Waals surface area (Å²) in [5, 5.41) is 3.69. The van der Waals surface area contributed by atoms with Gasteiger partial charge >= 0.3 is 0 Å². The molecule has 1 heterocycles. The first-order valence-corrected chi connectivity index (χ1v) is 6.56. The molecule has 0 bridgehead atoms. The van der Waals surface area contributed by atoms with E-state index in [1.54, 1.807) is 11.3 Å². The molecule has 1 unspecified atom stereocenters. The Morgan fingerprint density at radius 2 is 2.36 bits per heavy atom. The van der Waals surface area contributed by atoms with Crippen molar-refractivity contribution in [2.75, 3.05) is 5.33 Å². The molecule has 14 heavy (non-hydrogen) atoms. The molecule has 1 atom stereocenters. The van der Waals surface area contributed by atoms with Gasteiger partial charge in [-0.15, -0.1) is 11.3 Å². The van der Waals surface area contributed by atoms with E-state index >= 15 is 0 Å². The van der Waals surface area contributed by atoms with Crippen molar-refractivity contribution in [2.45, 2.75) is 26.3 Å². The molecule has 0 spiro atoms. The first-order valence-electron chi connectivity index (χ1n) is 4.63. The van der Waals surface area contributed by atoms with Crippen LogP contribution in [0.5, 0.6) is 0 Å². The van der Waals surface area contributed by atoms with Gasteiger partial charge in [0.15, 0.2) is 0 Å². The average molecular weight is 276 g/mol. The second-order valence-corrected chi connectivity index (χ2v) is 4.96. The maximum Gasteiger partial charge on any atom is 0.261 e. The molecular weight excluding hydrogens is 262 g/mol. The zero-order chi connectivity index (χ0) is 10.6. The van der Waals surface area contributed by atoms with Crippen LogP contribution >= 0.6 is 27.3 Å². The molecule has 0 aromatic carbocycles. The molecule has 0 radical (unpaired) electrons. The summed E-state index contributed by atoms with van der Waals surface area (Å²) in [5.74, 6) is 0.0293. The summed E-state index contributed by atoms with van der Waals surface area (Å²) >= 11 is 4.89. The van der Waals surface area contributed by atoms with E-state index in [1.807, 2.05) is 19.1 Å². The zero-order valence-corrected chi connectivity index (χ0v) is 10.7. The van der Waals surface area contributed by atoms with Gasteiger partial charge in [-0.3, -0.25) is 4.79 Å². The summed E-state index contributed by atoms with van der Waals surface area (Å²) in [6.07, 6.45) is 0.992. The van der Waals surface area contributed by atoms with Crippen molar-refractivity contribution in [1.29, 1.82) is 0 Å². The number of rotatable bonds is 4. The number of halogens is 1. The number of amides is 1. The Labute approximate surface area is 96.8 Å². The molecule has 0 aliphatic carbocycles. The topological polar surface area (TPSA) is 29.1 Å². The van der Waals surface area contributed by atoms with Gasteiger partial charge in [-0.2, -0.15) is 0 Å². The Balaban J connectivity index is 2.60. The smallest absolute Gasteiger partial charge is 0.261 e. The maximum absolute atomic E-state index is 11.6. The Hall–Kier alpha value is -0.350. The predicted octanol–water partition coefficient (Wildman–Crippen LogP) is 2.82. The molecule has 78 valence electrons. The summed E-state index contributed by atoms with van der Waals surface area (Å²) in [6, 6.07) is 4.08. The molecule has 0 fully saturated rings. The van der Waals surface area contributed by atoms with Crippen LogP contribution in [0.25, 0.3) is 0 Å². The highest BCUT2D eigenvalue weighted by Gasteiger charge is 2.10. The Morgan fingerprint density at radius 1 is 1.64 bits per heavy atom. The van der Waals surface area contributed by atoms with Crippen LogP contribution in [-0.4, -0.2) is 17.3 Å². The van der Waals surface area contributed by atoms with Crippen LogP contribution in [-0.2, 0) is 6.42 Å². The van der Waals surface area contributed by atoms with E-state index in [1.165, 1.54) is 4.88 Å². The minimum atomic E-state index is 0.0293. The third kappa shape index (κ3) is 3.10. The van der Waals surface area contributed by atoms with Gasteiger partial charge in [0.2, 0.25) is 0 Å². The zero-order valence-electron chi connectivity index (χ0n) is 8.34. The fourth-order valence-electron chi connectivity index (χ4n) is 1.02. The third-order valence-corrected chi connectivity index (χ3v) is 4.04. The number of nitrogens with one attached hydrogen (secondary N) is 1. The van der Waals surface area contributed by atoms with E-state index in [4.69, 9.17) is 0 Å². The summed E-state index contributed by atoms with van der Waals surface area (Å²) in [5.41, 5.74) is 0. The van der Waals surface area contributed by atoms with E-state index in [0.29, 0.717) is 0 Å². The Morgan fingerprint density at radius 3 is 2.86 bits per heavy atom. The Bertz CT molecular complexity index is 311. The van der Waals surface area contributed by atoms with Crippen LogP contribution in [0.1, 0.15) is 28.4 Å². The van der Waals surface area contributed by atoms with Gasteiger partial charge < -0.3 is 5.32 Å². The molecule has 1 aromatic heterocycles. The van der Waals surface area contributed by atoms with Crippen molar-refractivity contribution < 1.29 is 4.79 Å². The standard InChI is InChI=1S/C10H14BrNOS/c1-3-8-4-5-9(14-8)10(13)12-7(2)6-11/h4-5,7H,3,6H2,1-2H3,(H,12,13). The largest absolute Gasteiger partial charge is 0.348 e. The summed E-state index contributed by atoms with van der Waals surface area (Å²) < 4.78 is 0. The number of thiophene rings is 1. The maximum atomic E-state index is 11.6. The van der Waals surface area contributed by atoms with Crippen molar-refractivity contribution >= 4 is 33.2 Å². The fraction of sp³-hybridized carbons (Fsp3) is 0.500. The highest BCUT2D eigenvalue weighted by atomic mass is 79.9. The summed E-state index contributed by atoms with van der Waals surface area (Å²) in [7, 11) is 0. The van der Waals surface area contributed by atoms with Crippen molar-refractivity contribution in [3.63, 3.8) is 0 Å². The molecular formula is C10H14BrNOS. The van der Waals surface area contributed by atoms with Gasteiger partial charge in [-0.1, -0.05) is 22.9 Å². The monoisotopic (exact) mass is 275 g/mol. The van der Waals surface area contributed by atoms with Crippen LogP contribution in [0.3, 0.4) is 0 Å². The highest BCUT2D eigenvalue weighted by Crippen LogP contribution is 2.16. The molecule has 0 aliphatic rings. The van der Waals surface area contributed by atoms with E-state index < -0.39 is 0 Å². The number of carbonyl (C=O) groups is 1. The SMILES string of the molecule is CCc1ccc(C(=O)NC(C)CBr)s1. The van der Waals surface area contributed by atoms with Gasteiger partial charge in [-0.25, -0.2) is 0 Å². The molecule has 0 saturated heterocycles. The molecule has 0 saturated carbocycles. The lowest BCUT2D eigenvalue weighted by atomic mass is 10.3. The van der Waals surface area contributed by atoms with Gasteiger partial charge in [0.05, 0.1) is 4.88 Å². The quantitative estimate of drug-likeness (QED) is 0.842. The molecule has 0 aliphatic heterocycles. The van der Waals surface area contributed by atoms with E-state index in [-0.39, 0.29) is 11.9 Å². The van der Waals surface area contributed by atoms with Crippen molar-refractivity contribution in [1.82, 2.24) is 5.32 Å². The first-order chi connectivity index (χ1) is 6.67. The van der Waals surface area contributed by atoms with Crippen LogP contribution in [0, 0.1) is 0 Å². The normalized spacial score (nSPS) is 12.5. The van der Waals surface area contributed by atoms with Gasteiger partial charge in [-0.05, 0) is 25.5 Å². The number of hydrogen-bond acceptors (Lipinski definition) is 2. The van der Waals surface area contributed by atoms with Crippen LogP contribution in [0.15, 0.2) is 12.1 Å². The van der Waals surface area contributed by atoms with Gasteiger partial charge in [0.1, 0.15) is 0 Å². The minimum absolute atomic E-state index is 0.0293. The predicted molar refractivity (Wildman–Crippen MR) is 64.4 cm³/mol. The molecule has 4 heteroatoms. The van der Waals surface area contributed by atoms with Gasteiger partial charge in [0.25, 0.3) is 5.91 Å². The highest BCUT2D eigenvalue weighted by molar-refractivity contribution is 9.09. The van der Waals surface area contributed by atoms with E-state index in [2.05, 4.69) is 28.2 Å². The van der Waals surface area contributed by atoms with E-state index in [9.17, 15) is 4.79 Å². The lowest BCUT2D eigenvalue weighted by Gasteiger charge is -2.08. The van der Waals surface area contributed by atoms with Gasteiger partial charge in [0, 0.05) is 16.2 Å². The molecule has 1 amide bonds. The lowest BCUT2D eigenvalue weighted by molar-refractivity contribution is 0.0948. The summed E-state index contributed by atoms with van der Waals surface area (Å²) in [6.45, 7) is 4.07. The molecule has 2 nitrogen and oxygen atoms in total. The molecule has 1 aromatic rings. The number of hydrogen-bond donors (Lipinski definition) is 1. The second kappa shape index (κ2) is 5.51. The fourth-order valence-corrected chi connectivity index (χ4v) is 2.04. The Kier molecular flexibility index (Phi) is 4.62. The lowest BCUT2D eigenvalue weighted by Crippen LogP contribution is -2.32. The van der Waals surface area contributed by atoms with Crippen molar-refractivity contribution in [2.24, 2.45) is 0 Å². The third-order valence-electron chi connectivity index (χ3n) is 1.84.